The Morgan fingerprint density at radius 3 is 2.93 bits per heavy atom. The number of rotatable bonds is 3. The van der Waals surface area contributed by atoms with Gasteiger partial charge in [-0.25, -0.2) is 4.39 Å². The average molecular weight is 208 g/mol. The molecule has 2 rings (SSSR count). The Morgan fingerprint density at radius 2 is 2.27 bits per heavy atom. The summed E-state index contributed by atoms with van der Waals surface area (Å²) in [5, 5.41) is 9.86. The van der Waals surface area contributed by atoms with Gasteiger partial charge in [0.1, 0.15) is 5.82 Å². The number of hydrogen-bond donors (Lipinski definition) is 2. The molecule has 0 fully saturated rings. The van der Waals surface area contributed by atoms with Gasteiger partial charge in [-0.05, 0) is 23.8 Å². The molecular formula is C9H9FN4O. The fraction of sp³-hybridized carbons (Fsp3) is 0.111. The second-order valence-corrected chi connectivity index (χ2v) is 2.92. The molecule has 6 heteroatoms. The first-order valence-electron chi connectivity index (χ1n) is 4.30. The predicted molar refractivity (Wildman–Crippen MR) is 51.9 cm³/mol. The van der Waals surface area contributed by atoms with E-state index < -0.39 is 0 Å². The molecule has 0 aliphatic carbocycles. The van der Waals surface area contributed by atoms with Gasteiger partial charge in [0.15, 0.2) is 0 Å². The van der Waals surface area contributed by atoms with Gasteiger partial charge in [-0.15, -0.1) is 5.10 Å². The average Bonchev–Trinajstić information content (AvgIpc) is 2.69. The van der Waals surface area contributed by atoms with Crippen LogP contribution < -0.4 is 11.1 Å². The minimum Gasteiger partial charge on any atom is -0.411 e. The maximum absolute atomic E-state index is 13.1. The Hall–Kier alpha value is -1.95. The van der Waals surface area contributed by atoms with E-state index in [1.165, 1.54) is 18.5 Å². The Balaban J connectivity index is 2.24. The molecule has 1 aromatic carbocycles. The maximum Gasteiger partial charge on any atom is 0.319 e. The van der Waals surface area contributed by atoms with Crippen LogP contribution in [-0.4, -0.2) is 10.2 Å². The van der Waals surface area contributed by atoms with Crippen molar-refractivity contribution < 1.29 is 8.81 Å². The molecular weight excluding hydrogens is 199 g/mol. The predicted octanol–water partition coefficient (Wildman–Crippen LogP) is 1.41. The van der Waals surface area contributed by atoms with Crippen molar-refractivity contribution in [3.05, 3.63) is 36.0 Å². The topological polar surface area (TPSA) is 77.0 Å². The summed E-state index contributed by atoms with van der Waals surface area (Å²) in [7, 11) is 0. The van der Waals surface area contributed by atoms with E-state index in [-0.39, 0.29) is 18.4 Å². The molecule has 1 heterocycles. The van der Waals surface area contributed by atoms with Gasteiger partial charge in [-0.2, -0.15) is 0 Å². The number of hydrogen-bond acceptors (Lipinski definition) is 5. The number of aromatic nitrogens is 2. The zero-order chi connectivity index (χ0) is 10.7. The molecule has 3 N–H and O–H groups in total. The molecule has 0 bridgehead atoms. The van der Waals surface area contributed by atoms with E-state index >= 15 is 0 Å². The van der Waals surface area contributed by atoms with Crippen LogP contribution in [-0.2, 0) is 6.54 Å². The van der Waals surface area contributed by atoms with Gasteiger partial charge in [0.05, 0.1) is 0 Å². The van der Waals surface area contributed by atoms with Crippen LogP contribution in [0.1, 0.15) is 5.56 Å². The van der Waals surface area contributed by atoms with Crippen molar-refractivity contribution in [3.8, 4) is 0 Å². The minimum atomic E-state index is -0.361. The third-order valence-corrected chi connectivity index (χ3v) is 1.80. The second kappa shape index (κ2) is 4.05. The van der Waals surface area contributed by atoms with Crippen molar-refractivity contribution in [2.24, 2.45) is 5.73 Å². The van der Waals surface area contributed by atoms with Crippen LogP contribution in [0.3, 0.4) is 0 Å². The first kappa shape index (κ1) is 9.60. The van der Waals surface area contributed by atoms with Crippen molar-refractivity contribution in [3.63, 3.8) is 0 Å². The van der Waals surface area contributed by atoms with Gasteiger partial charge in [-0.3, -0.25) is 0 Å². The number of nitrogens with one attached hydrogen (secondary N) is 1. The normalized spacial score (nSPS) is 10.3. The van der Waals surface area contributed by atoms with Crippen molar-refractivity contribution in [2.75, 3.05) is 5.32 Å². The maximum atomic E-state index is 13.1. The third kappa shape index (κ3) is 2.29. The van der Waals surface area contributed by atoms with Gasteiger partial charge in [-0.1, -0.05) is 5.10 Å². The van der Waals surface area contributed by atoms with E-state index in [1.54, 1.807) is 6.07 Å². The third-order valence-electron chi connectivity index (χ3n) is 1.80. The van der Waals surface area contributed by atoms with E-state index in [1.807, 2.05) is 0 Å². The number of anilines is 2. The highest BCUT2D eigenvalue weighted by Crippen LogP contribution is 2.17. The molecule has 0 saturated heterocycles. The first-order chi connectivity index (χ1) is 7.28. The van der Waals surface area contributed by atoms with Crippen molar-refractivity contribution in [1.29, 1.82) is 0 Å². The molecule has 0 aliphatic rings. The monoisotopic (exact) mass is 208 g/mol. The molecule has 0 aliphatic heterocycles. The SMILES string of the molecule is NCc1cc(F)cc(Nc2nnco2)c1. The quantitative estimate of drug-likeness (QED) is 0.797. The fourth-order valence-electron chi connectivity index (χ4n) is 1.19. The summed E-state index contributed by atoms with van der Waals surface area (Å²) in [5.74, 6) is -0.361. The van der Waals surface area contributed by atoms with Crippen LogP contribution >= 0.6 is 0 Å². The van der Waals surface area contributed by atoms with E-state index in [0.29, 0.717) is 11.3 Å². The number of benzene rings is 1. The lowest BCUT2D eigenvalue weighted by Gasteiger charge is -2.04. The van der Waals surface area contributed by atoms with Crippen molar-refractivity contribution >= 4 is 11.7 Å². The summed E-state index contributed by atoms with van der Waals surface area (Å²) in [6.45, 7) is 0.274. The molecule has 0 radical (unpaired) electrons. The standard InChI is InChI=1S/C9H9FN4O/c10-7-1-6(4-11)2-8(3-7)13-9-14-12-5-15-9/h1-3,5H,4,11H2,(H,13,14). The summed E-state index contributed by atoms with van der Waals surface area (Å²) in [5.41, 5.74) is 6.63. The molecule has 0 amide bonds. The first-order valence-corrected chi connectivity index (χ1v) is 4.30. The van der Waals surface area contributed by atoms with Gasteiger partial charge in [0, 0.05) is 12.2 Å². The Kier molecular flexibility index (Phi) is 2.59. The van der Waals surface area contributed by atoms with E-state index in [9.17, 15) is 4.39 Å². The highest BCUT2D eigenvalue weighted by molar-refractivity contribution is 5.53. The lowest BCUT2D eigenvalue weighted by atomic mass is 10.2. The molecule has 0 unspecified atom stereocenters. The van der Waals surface area contributed by atoms with Crippen LogP contribution in [0, 0.1) is 5.82 Å². The van der Waals surface area contributed by atoms with E-state index in [2.05, 4.69) is 15.5 Å². The zero-order valence-corrected chi connectivity index (χ0v) is 7.77. The van der Waals surface area contributed by atoms with Gasteiger partial charge >= 0.3 is 6.01 Å². The van der Waals surface area contributed by atoms with Gasteiger partial charge in [0.2, 0.25) is 6.39 Å². The summed E-state index contributed by atoms with van der Waals surface area (Å²) in [6.07, 6.45) is 1.19. The Morgan fingerprint density at radius 1 is 1.40 bits per heavy atom. The largest absolute Gasteiger partial charge is 0.411 e. The van der Waals surface area contributed by atoms with Crippen LogP contribution in [0.25, 0.3) is 0 Å². The Labute approximate surface area is 85.1 Å². The molecule has 0 spiro atoms. The minimum absolute atomic E-state index is 0.212. The number of nitrogens with two attached hydrogens (primary N) is 1. The number of halogens is 1. The summed E-state index contributed by atoms with van der Waals surface area (Å²) in [6, 6.07) is 4.62. The highest BCUT2D eigenvalue weighted by Gasteiger charge is 2.02. The lowest BCUT2D eigenvalue weighted by Crippen LogP contribution is -1.99. The van der Waals surface area contributed by atoms with Crippen molar-refractivity contribution in [1.82, 2.24) is 10.2 Å². The summed E-state index contributed by atoms with van der Waals surface area (Å²) >= 11 is 0. The molecule has 0 atom stereocenters. The summed E-state index contributed by atoms with van der Waals surface area (Å²) in [4.78, 5) is 0. The van der Waals surface area contributed by atoms with Crippen LogP contribution in [0.2, 0.25) is 0 Å². The van der Waals surface area contributed by atoms with E-state index in [0.717, 1.165) is 0 Å². The van der Waals surface area contributed by atoms with Crippen LogP contribution in [0.5, 0.6) is 0 Å². The molecule has 2 aromatic rings. The lowest BCUT2D eigenvalue weighted by molar-refractivity contribution is 0.571. The summed E-state index contributed by atoms with van der Waals surface area (Å²) < 4.78 is 17.9. The van der Waals surface area contributed by atoms with Gasteiger partial charge < -0.3 is 15.5 Å². The zero-order valence-electron chi connectivity index (χ0n) is 7.77. The molecule has 78 valence electrons. The van der Waals surface area contributed by atoms with Crippen molar-refractivity contribution in [2.45, 2.75) is 6.54 Å². The molecule has 15 heavy (non-hydrogen) atoms. The molecule has 0 saturated carbocycles. The van der Waals surface area contributed by atoms with Crippen LogP contribution in [0.4, 0.5) is 16.1 Å². The fourth-order valence-corrected chi connectivity index (χ4v) is 1.19. The highest BCUT2D eigenvalue weighted by atomic mass is 19.1. The van der Waals surface area contributed by atoms with Crippen LogP contribution in [0.15, 0.2) is 29.0 Å². The smallest absolute Gasteiger partial charge is 0.319 e. The van der Waals surface area contributed by atoms with E-state index in [4.69, 9.17) is 10.2 Å². The Bertz CT molecular complexity index is 443. The number of nitrogens with zero attached hydrogens (tertiary/aromatic N) is 2. The second-order valence-electron chi connectivity index (χ2n) is 2.92. The van der Waals surface area contributed by atoms with Gasteiger partial charge in [0.25, 0.3) is 0 Å². The molecule has 5 nitrogen and oxygen atoms in total. The molecule has 1 aromatic heterocycles.